The van der Waals surface area contributed by atoms with Gasteiger partial charge in [-0.05, 0) is 62.5 Å². The van der Waals surface area contributed by atoms with Crippen LogP contribution in [0.15, 0.2) is 36.0 Å². The Hall–Kier alpha value is -3.16. The number of carbonyl (C=O) groups is 2. The van der Waals surface area contributed by atoms with Gasteiger partial charge in [0.05, 0.1) is 12.6 Å². The second-order valence-corrected chi connectivity index (χ2v) is 9.85. The van der Waals surface area contributed by atoms with Gasteiger partial charge in [-0.15, -0.1) is 0 Å². The van der Waals surface area contributed by atoms with Crippen LogP contribution in [0.1, 0.15) is 53.5 Å². The smallest absolute Gasteiger partial charge is 0.407 e. The first-order valence-electron chi connectivity index (χ1n) is 11.3. The molecule has 0 fully saturated rings. The summed E-state index contributed by atoms with van der Waals surface area (Å²) in [5.41, 5.74) is 5.43. The second kappa shape index (κ2) is 10.2. The molecule has 0 aromatic heterocycles. The Morgan fingerprint density at radius 1 is 1.24 bits per heavy atom. The summed E-state index contributed by atoms with van der Waals surface area (Å²) in [6, 6.07) is 5.57. The van der Waals surface area contributed by atoms with Crippen molar-refractivity contribution in [2.75, 3.05) is 19.8 Å². The molecule has 0 saturated heterocycles. The fraction of sp³-hybridized carbons (Fsp3) is 0.520. The third-order valence-electron chi connectivity index (χ3n) is 5.06. The first kappa shape index (κ1) is 24.5. The first-order chi connectivity index (χ1) is 15.5. The Morgan fingerprint density at radius 2 is 2.00 bits per heavy atom. The molecule has 0 radical (unpaired) electrons. The van der Waals surface area contributed by atoms with E-state index < -0.39 is 11.7 Å². The number of ether oxygens (including phenoxy) is 3. The summed E-state index contributed by atoms with van der Waals surface area (Å²) in [7, 11) is 0. The zero-order valence-electron chi connectivity index (χ0n) is 20.4. The van der Waals surface area contributed by atoms with E-state index in [1.54, 1.807) is 5.01 Å². The van der Waals surface area contributed by atoms with Crippen LogP contribution >= 0.6 is 0 Å². The van der Waals surface area contributed by atoms with Gasteiger partial charge in [-0.25, -0.2) is 4.79 Å². The maximum atomic E-state index is 12.2. The van der Waals surface area contributed by atoms with Crippen molar-refractivity contribution in [2.24, 2.45) is 5.92 Å². The molecule has 2 amide bonds. The zero-order valence-corrected chi connectivity index (χ0v) is 20.4. The molecule has 8 nitrogen and oxygen atoms in total. The van der Waals surface area contributed by atoms with E-state index in [0.717, 1.165) is 28.9 Å². The van der Waals surface area contributed by atoms with Crippen molar-refractivity contribution < 1.29 is 23.8 Å². The van der Waals surface area contributed by atoms with Crippen molar-refractivity contribution in [3.63, 3.8) is 0 Å². The molecule has 1 aromatic carbocycles. The summed E-state index contributed by atoms with van der Waals surface area (Å²) in [4.78, 5) is 23.6. The van der Waals surface area contributed by atoms with Gasteiger partial charge in [0.25, 0.3) is 0 Å². The van der Waals surface area contributed by atoms with Gasteiger partial charge in [0.2, 0.25) is 5.91 Å². The van der Waals surface area contributed by atoms with Crippen molar-refractivity contribution >= 4 is 17.6 Å². The number of hydrogen-bond acceptors (Lipinski definition) is 6. The normalized spacial score (nSPS) is 15.9. The summed E-state index contributed by atoms with van der Waals surface area (Å²) in [5.74, 6) is 1.68. The lowest BCUT2D eigenvalue weighted by Crippen LogP contribution is -2.42. The summed E-state index contributed by atoms with van der Waals surface area (Å²) < 4.78 is 17.4. The average molecular weight is 458 g/mol. The van der Waals surface area contributed by atoms with Gasteiger partial charge in [0.1, 0.15) is 30.3 Å². The Bertz CT molecular complexity index is 946. The molecule has 0 spiro atoms. The number of nitrogens with one attached hydrogen (secondary N) is 2. The van der Waals surface area contributed by atoms with Crippen LogP contribution in [0.2, 0.25) is 0 Å². The molecule has 0 saturated carbocycles. The second-order valence-electron chi connectivity index (χ2n) is 9.85. The zero-order chi connectivity index (χ0) is 24.2. The van der Waals surface area contributed by atoms with Crippen molar-refractivity contribution in [3.05, 3.63) is 41.6 Å². The van der Waals surface area contributed by atoms with E-state index in [-0.39, 0.29) is 11.9 Å². The molecule has 8 heteroatoms. The summed E-state index contributed by atoms with van der Waals surface area (Å²) >= 11 is 0. The number of rotatable bonds is 7. The molecular formula is C25H35N3O5. The van der Waals surface area contributed by atoms with Gasteiger partial charge in [0.15, 0.2) is 0 Å². The SMILES string of the molecule is CC(=O)NN1C=CC2=C(C1)c1ccc(OCC(CC(C)C)NC(=O)OC(C)(C)C)cc1OC2. The highest BCUT2D eigenvalue weighted by Crippen LogP contribution is 2.37. The van der Waals surface area contributed by atoms with Gasteiger partial charge < -0.3 is 19.5 Å². The van der Waals surface area contributed by atoms with E-state index in [4.69, 9.17) is 14.2 Å². The molecule has 0 aliphatic carbocycles. The van der Waals surface area contributed by atoms with Crippen LogP contribution in [-0.4, -0.2) is 48.4 Å². The number of carbonyl (C=O) groups excluding carboxylic acids is 2. The monoisotopic (exact) mass is 457 g/mol. The van der Waals surface area contributed by atoms with E-state index in [2.05, 4.69) is 24.6 Å². The minimum absolute atomic E-state index is 0.115. The Labute approximate surface area is 195 Å². The van der Waals surface area contributed by atoms with Crippen LogP contribution in [0, 0.1) is 5.92 Å². The first-order valence-corrected chi connectivity index (χ1v) is 11.3. The molecule has 0 bridgehead atoms. The Morgan fingerprint density at radius 3 is 2.67 bits per heavy atom. The fourth-order valence-corrected chi connectivity index (χ4v) is 3.80. The number of alkyl carbamates (subject to hydrolysis) is 1. The number of amides is 2. The summed E-state index contributed by atoms with van der Waals surface area (Å²) in [6.45, 7) is 12.6. The van der Waals surface area contributed by atoms with Crippen LogP contribution in [0.25, 0.3) is 5.57 Å². The number of nitrogens with zero attached hydrogens (tertiary/aromatic N) is 1. The number of benzene rings is 1. The topological polar surface area (TPSA) is 89.1 Å². The van der Waals surface area contributed by atoms with E-state index in [1.165, 1.54) is 6.92 Å². The van der Waals surface area contributed by atoms with E-state index in [1.807, 2.05) is 51.2 Å². The highest BCUT2D eigenvalue weighted by Gasteiger charge is 2.25. The predicted molar refractivity (Wildman–Crippen MR) is 127 cm³/mol. The minimum atomic E-state index is -0.555. The number of fused-ring (bicyclic) bond motifs is 2. The molecule has 2 aliphatic heterocycles. The van der Waals surface area contributed by atoms with Crippen LogP contribution in [0.5, 0.6) is 11.5 Å². The van der Waals surface area contributed by atoms with Gasteiger partial charge >= 0.3 is 6.09 Å². The molecule has 33 heavy (non-hydrogen) atoms. The summed E-state index contributed by atoms with van der Waals surface area (Å²) in [6.07, 6.45) is 4.13. The quantitative estimate of drug-likeness (QED) is 0.643. The molecule has 180 valence electrons. The predicted octanol–water partition coefficient (Wildman–Crippen LogP) is 4.03. The van der Waals surface area contributed by atoms with E-state index >= 15 is 0 Å². The van der Waals surface area contributed by atoms with E-state index in [0.29, 0.717) is 31.4 Å². The number of hydrogen-bond donors (Lipinski definition) is 2. The fourth-order valence-electron chi connectivity index (χ4n) is 3.80. The van der Waals surface area contributed by atoms with Crippen LogP contribution in [-0.2, 0) is 9.53 Å². The minimum Gasteiger partial charge on any atom is -0.491 e. The van der Waals surface area contributed by atoms with Gasteiger partial charge in [-0.3, -0.25) is 15.2 Å². The van der Waals surface area contributed by atoms with Crippen LogP contribution in [0.4, 0.5) is 4.79 Å². The Kier molecular flexibility index (Phi) is 7.56. The lowest BCUT2D eigenvalue weighted by Gasteiger charge is -2.31. The third kappa shape index (κ3) is 7.17. The van der Waals surface area contributed by atoms with Crippen LogP contribution < -0.4 is 20.2 Å². The molecule has 2 heterocycles. The van der Waals surface area contributed by atoms with Gasteiger partial charge in [-0.1, -0.05) is 13.8 Å². The van der Waals surface area contributed by atoms with E-state index in [9.17, 15) is 9.59 Å². The highest BCUT2D eigenvalue weighted by molar-refractivity contribution is 5.80. The molecule has 1 aromatic rings. The van der Waals surface area contributed by atoms with Crippen molar-refractivity contribution in [1.82, 2.24) is 15.8 Å². The molecule has 2 N–H and O–H groups in total. The Balaban J connectivity index is 1.66. The third-order valence-corrected chi connectivity index (χ3v) is 5.06. The molecule has 1 atom stereocenters. The number of hydrazine groups is 1. The largest absolute Gasteiger partial charge is 0.491 e. The summed E-state index contributed by atoms with van der Waals surface area (Å²) in [5, 5.41) is 4.69. The molecule has 1 unspecified atom stereocenters. The lowest BCUT2D eigenvalue weighted by molar-refractivity contribution is -0.122. The lowest BCUT2D eigenvalue weighted by atomic mass is 9.95. The molecular weight excluding hydrogens is 422 g/mol. The van der Waals surface area contributed by atoms with Crippen molar-refractivity contribution in [2.45, 2.75) is 59.6 Å². The average Bonchev–Trinajstić information content (AvgIpc) is 2.69. The standard InChI is InChI=1S/C25H35N3O5/c1-16(2)11-19(26-24(30)33-25(4,5)6)15-31-20-7-8-21-22-13-28(27-17(3)29)10-9-18(22)14-32-23(21)12-20/h7-10,12,16,19H,11,13-15H2,1-6H3,(H,26,30)(H,27,29). The maximum Gasteiger partial charge on any atom is 0.407 e. The maximum absolute atomic E-state index is 12.2. The highest BCUT2D eigenvalue weighted by atomic mass is 16.6. The van der Waals surface area contributed by atoms with Crippen molar-refractivity contribution in [1.29, 1.82) is 0 Å². The van der Waals surface area contributed by atoms with Crippen LogP contribution in [0.3, 0.4) is 0 Å². The molecule has 3 rings (SSSR count). The molecule has 2 aliphatic rings. The van der Waals surface area contributed by atoms with Crippen molar-refractivity contribution in [3.8, 4) is 11.5 Å². The van der Waals surface area contributed by atoms with Gasteiger partial charge in [0, 0.05) is 24.8 Å². The van der Waals surface area contributed by atoms with Gasteiger partial charge in [-0.2, -0.15) is 0 Å².